The lowest BCUT2D eigenvalue weighted by atomic mass is 10.2. The Hall–Kier alpha value is -2.50. The van der Waals surface area contributed by atoms with E-state index in [1.165, 1.54) is 17.2 Å². The van der Waals surface area contributed by atoms with Crippen molar-refractivity contribution >= 4 is 17.5 Å². The van der Waals surface area contributed by atoms with Gasteiger partial charge in [-0.1, -0.05) is 12.1 Å². The van der Waals surface area contributed by atoms with Gasteiger partial charge in [0.05, 0.1) is 5.69 Å². The van der Waals surface area contributed by atoms with Crippen molar-refractivity contribution in [2.45, 2.75) is 6.92 Å². The highest BCUT2D eigenvalue weighted by atomic mass is 19.1. The summed E-state index contributed by atoms with van der Waals surface area (Å²) in [6.45, 7) is 1.64. The molecule has 1 N–H and O–H groups in total. The van der Waals surface area contributed by atoms with E-state index in [-0.39, 0.29) is 17.1 Å². The fourth-order valence-corrected chi connectivity index (χ4v) is 1.70. The van der Waals surface area contributed by atoms with Crippen LogP contribution in [-0.4, -0.2) is 28.1 Å². The Morgan fingerprint density at radius 2 is 2.05 bits per heavy atom. The van der Waals surface area contributed by atoms with Crippen molar-refractivity contribution < 1.29 is 14.3 Å². The van der Waals surface area contributed by atoms with Gasteiger partial charge in [0.1, 0.15) is 17.2 Å². The standard InChI is InChI=1S/C13H12FN3O2/c1-8-15-7-9(13(18)19)12(16-8)17(2)11-6-4-3-5-10(11)14/h3-7H,1-2H3,(H,18,19). The second kappa shape index (κ2) is 5.01. The lowest BCUT2D eigenvalue weighted by Gasteiger charge is -2.20. The number of carbonyl (C=O) groups is 1. The van der Waals surface area contributed by atoms with Gasteiger partial charge >= 0.3 is 5.97 Å². The van der Waals surface area contributed by atoms with Crippen LogP contribution in [0.3, 0.4) is 0 Å². The second-order valence-corrected chi connectivity index (χ2v) is 3.97. The number of anilines is 2. The van der Waals surface area contributed by atoms with Crippen LogP contribution in [0.15, 0.2) is 30.5 Å². The molecule has 1 aromatic heterocycles. The first-order chi connectivity index (χ1) is 9.00. The molecule has 0 saturated carbocycles. The molecule has 0 radical (unpaired) electrons. The van der Waals surface area contributed by atoms with Gasteiger partial charge in [0.25, 0.3) is 0 Å². The fourth-order valence-electron chi connectivity index (χ4n) is 1.70. The molecule has 0 fully saturated rings. The number of aromatic nitrogens is 2. The van der Waals surface area contributed by atoms with E-state index in [0.717, 1.165) is 0 Å². The first-order valence-corrected chi connectivity index (χ1v) is 5.56. The molecule has 2 aromatic rings. The van der Waals surface area contributed by atoms with Gasteiger partial charge in [0.15, 0.2) is 5.82 Å². The Balaban J connectivity index is 2.55. The van der Waals surface area contributed by atoms with Gasteiger partial charge in [0.2, 0.25) is 0 Å². The van der Waals surface area contributed by atoms with Crippen molar-refractivity contribution in [2.75, 3.05) is 11.9 Å². The lowest BCUT2D eigenvalue weighted by Crippen LogP contribution is -2.18. The monoisotopic (exact) mass is 261 g/mol. The number of hydrogen-bond donors (Lipinski definition) is 1. The molecule has 0 unspecified atom stereocenters. The minimum atomic E-state index is -1.15. The largest absolute Gasteiger partial charge is 0.477 e. The van der Waals surface area contributed by atoms with Gasteiger partial charge in [-0.15, -0.1) is 0 Å². The Morgan fingerprint density at radius 1 is 1.37 bits per heavy atom. The third-order valence-corrected chi connectivity index (χ3v) is 2.65. The van der Waals surface area contributed by atoms with Crippen LogP contribution >= 0.6 is 0 Å². The highest BCUT2D eigenvalue weighted by Crippen LogP contribution is 2.26. The minimum absolute atomic E-state index is 0.0728. The number of nitrogens with zero attached hydrogens (tertiary/aromatic N) is 3. The molecule has 0 amide bonds. The van der Waals surface area contributed by atoms with Crippen LogP contribution in [0.25, 0.3) is 0 Å². The Labute approximate surface area is 109 Å². The highest BCUT2D eigenvalue weighted by Gasteiger charge is 2.19. The molecule has 0 spiro atoms. The molecular weight excluding hydrogens is 249 g/mol. The van der Waals surface area contributed by atoms with Crippen LogP contribution in [0.4, 0.5) is 15.9 Å². The summed E-state index contributed by atoms with van der Waals surface area (Å²) >= 11 is 0. The van der Waals surface area contributed by atoms with E-state index in [4.69, 9.17) is 5.11 Å². The summed E-state index contributed by atoms with van der Waals surface area (Å²) in [4.78, 5) is 20.5. The van der Waals surface area contributed by atoms with E-state index < -0.39 is 11.8 Å². The zero-order valence-corrected chi connectivity index (χ0v) is 10.5. The molecule has 0 aliphatic rings. The van der Waals surface area contributed by atoms with Crippen LogP contribution < -0.4 is 4.90 Å². The topological polar surface area (TPSA) is 66.3 Å². The van der Waals surface area contributed by atoms with E-state index >= 15 is 0 Å². The SMILES string of the molecule is Cc1ncc(C(=O)O)c(N(C)c2ccccc2F)n1. The predicted molar refractivity (Wildman–Crippen MR) is 68.2 cm³/mol. The third-order valence-electron chi connectivity index (χ3n) is 2.65. The number of rotatable bonds is 3. The summed E-state index contributed by atoms with van der Waals surface area (Å²) in [6.07, 6.45) is 1.22. The van der Waals surface area contributed by atoms with Gasteiger partial charge in [0, 0.05) is 13.2 Å². The Kier molecular flexibility index (Phi) is 3.41. The summed E-state index contributed by atoms with van der Waals surface area (Å²) in [5.41, 5.74) is 0.180. The fraction of sp³-hybridized carbons (Fsp3) is 0.154. The van der Waals surface area contributed by atoms with Crippen molar-refractivity contribution in [1.29, 1.82) is 0 Å². The lowest BCUT2D eigenvalue weighted by molar-refractivity contribution is 0.0697. The zero-order chi connectivity index (χ0) is 14.0. The van der Waals surface area contributed by atoms with Crippen LogP contribution in [0.1, 0.15) is 16.2 Å². The van der Waals surface area contributed by atoms with Gasteiger partial charge in [-0.05, 0) is 19.1 Å². The molecule has 98 valence electrons. The van der Waals surface area contributed by atoms with Gasteiger partial charge in [-0.25, -0.2) is 19.2 Å². The average Bonchev–Trinajstić information content (AvgIpc) is 2.38. The first-order valence-electron chi connectivity index (χ1n) is 5.56. The molecule has 0 atom stereocenters. The summed E-state index contributed by atoms with van der Waals surface area (Å²) in [6, 6.07) is 6.10. The minimum Gasteiger partial charge on any atom is -0.477 e. The van der Waals surface area contributed by atoms with E-state index in [1.807, 2.05) is 0 Å². The maximum absolute atomic E-state index is 13.7. The molecular formula is C13H12FN3O2. The number of para-hydroxylation sites is 1. The Bertz CT molecular complexity index is 631. The van der Waals surface area contributed by atoms with Crippen molar-refractivity contribution in [3.63, 3.8) is 0 Å². The average molecular weight is 261 g/mol. The van der Waals surface area contributed by atoms with Gasteiger partial charge in [-0.3, -0.25) is 0 Å². The number of aryl methyl sites for hydroxylation is 1. The van der Waals surface area contributed by atoms with Crippen molar-refractivity contribution in [2.24, 2.45) is 0 Å². The van der Waals surface area contributed by atoms with Crippen LogP contribution in [0.5, 0.6) is 0 Å². The van der Waals surface area contributed by atoms with Crippen molar-refractivity contribution in [1.82, 2.24) is 9.97 Å². The summed E-state index contributed by atoms with van der Waals surface area (Å²) < 4.78 is 13.7. The zero-order valence-electron chi connectivity index (χ0n) is 10.5. The van der Waals surface area contributed by atoms with E-state index in [2.05, 4.69) is 9.97 Å². The van der Waals surface area contributed by atoms with Crippen LogP contribution in [0.2, 0.25) is 0 Å². The van der Waals surface area contributed by atoms with E-state index in [9.17, 15) is 9.18 Å². The van der Waals surface area contributed by atoms with Crippen LogP contribution in [-0.2, 0) is 0 Å². The molecule has 2 rings (SSSR count). The second-order valence-electron chi connectivity index (χ2n) is 3.97. The molecule has 0 saturated heterocycles. The van der Waals surface area contributed by atoms with Crippen molar-refractivity contribution in [3.05, 3.63) is 47.7 Å². The summed E-state index contributed by atoms with van der Waals surface area (Å²) in [5, 5.41) is 9.12. The molecule has 5 nitrogen and oxygen atoms in total. The van der Waals surface area contributed by atoms with E-state index in [1.54, 1.807) is 32.2 Å². The molecule has 6 heteroatoms. The molecule has 0 aliphatic carbocycles. The van der Waals surface area contributed by atoms with Gasteiger partial charge < -0.3 is 10.0 Å². The van der Waals surface area contributed by atoms with E-state index in [0.29, 0.717) is 5.82 Å². The molecule has 0 aliphatic heterocycles. The smallest absolute Gasteiger partial charge is 0.341 e. The summed E-state index contributed by atoms with van der Waals surface area (Å²) in [5.74, 6) is -1.02. The van der Waals surface area contributed by atoms with Gasteiger partial charge in [-0.2, -0.15) is 0 Å². The number of carboxylic acids is 1. The number of halogens is 1. The molecule has 0 bridgehead atoms. The van der Waals surface area contributed by atoms with Crippen molar-refractivity contribution in [3.8, 4) is 0 Å². The first kappa shape index (κ1) is 12.9. The number of carboxylic acid groups (broad SMARTS) is 1. The normalized spacial score (nSPS) is 10.3. The number of benzene rings is 1. The third kappa shape index (κ3) is 2.52. The maximum Gasteiger partial charge on any atom is 0.341 e. The highest BCUT2D eigenvalue weighted by molar-refractivity contribution is 5.93. The quantitative estimate of drug-likeness (QED) is 0.918. The molecule has 19 heavy (non-hydrogen) atoms. The maximum atomic E-state index is 13.7. The number of hydrogen-bond acceptors (Lipinski definition) is 4. The summed E-state index contributed by atoms with van der Waals surface area (Å²) in [7, 11) is 1.56. The molecule has 1 heterocycles. The molecule has 1 aromatic carbocycles. The number of aromatic carboxylic acids is 1. The predicted octanol–water partition coefficient (Wildman–Crippen LogP) is 2.39. The van der Waals surface area contributed by atoms with Crippen LogP contribution in [0, 0.1) is 12.7 Å². The Morgan fingerprint density at radius 3 is 2.68 bits per heavy atom.